The fraction of sp³-hybridized carbons (Fsp3) is 0.0385. The van der Waals surface area contributed by atoms with Crippen LogP contribution in [0.3, 0.4) is 0 Å². The van der Waals surface area contributed by atoms with Gasteiger partial charge in [0, 0.05) is 42.8 Å². The smallest absolute Gasteiger partial charge is 0.136 e. The van der Waals surface area contributed by atoms with Gasteiger partial charge in [0.1, 0.15) is 11.2 Å². The van der Waals surface area contributed by atoms with Crippen LogP contribution < -0.4 is 0 Å². The Labute approximate surface area is 316 Å². The summed E-state index contributed by atoms with van der Waals surface area (Å²) in [5.74, 6) is 0.410. The predicted octanol–water partition coefficient (Wildman–Crippen LogP) is 14.6. The van der Waals surface area contributed by atoms with Crippen LogP contribution in [-0.4, -0.2) is 0 Å². The highest BCUT2D eigenvalue weighted by atomic mass is 32.1. The summed E-state index contributed by atoms with van der Waals surface area (Å²) in [6.07, 6.45) is 9.21. The molecule has 0 saturated carbocycles. The number of hydrogen-bond acceptors (Lipinski definition) is 2. The van der Waals surface area contributed by atoms with Gasteiger partial charge in [-0.3, -0.25) is 0 Å². The second kappa shape index (κ2) is 11.5. The van der Waals surface area contributed by atoms with E-state index in [4.69, 9.17) is 4.42 Å². The van der Waals surface area contributed by atoms with Gasteiger partial charge in [-0.05, 0) is 109 Å². The van der Waals surface area contributed by atoms with Crippen molar-refractivity contribution in [1.29, 1.82) is 0 Å². The van der Waals surface area contributed by atoms with Crippen LogP contribution in [-0.2, 0) is 0 Å². The third-order valence-electron chi connectivity index (χ3n) is 11.8. The third-order valence-corrected chi connectivity index (χ3v) is 13.0. The Bertz CT molecular complexity index is 3280. The minimum atomic E-state index is 0.194. The zero-order chi connectivity index (χ0) is 35.3. The quantitative estimate of drug-likeness (QED) is 0.178. The summed E-state index contributed by atoms with van der Waals surface area (Å²) in [7, 11) is 0. The molecule has 0 aliphatic heterocycles. The number of furan rings is 1. The molecule has 2 heterocycles. The van der Waals surface area contributed by atoms with E-state index in [1.807, 2.05) is 11.3 Å². The Morgan fingerprint density at radius 1 is 0.481 bits per heavy atom. The number of rotatable bonds is 3. The fourth-order valence-electron chi connectivity index (χ4n) is 9.46. The molecule has 54 heavy (non-hydrogen) atoms. The molecule has 0 amide bonds. The van der Waals surface area contributed by atoms with Crippen LogP contribution in [0.15, 0.2) is 192 Å². The SMILES string of the molecule is C1=CC2=C(c3cc(-c4ccc5sc6cc7ccccc7cc6c5c4)cc4oc5ccc6ccccc6c5c34)c3ccccc3C(c3ccccc3)C2C=C1. The maximum atomic E-state index is 6.91. The number of thiophene rings is 1. The first kappa shape index (κ1) is 30.0. The maximum Gasteiger partial charge on any atom is 0.136 e. The molecule has 0 radical (unpaired) electrons. The van der Waals surface area contributed by atoms with E-state index in [1.54, 1.807) is 0 Å². The first-order chi connectivity index (χ1) is 26.8. The lowest BCUT2D eigenvalue weighted by Crippen LogP contribution is -2.22. The summed E-state index contributed by atoms with van der Waals surface area (Å²) in [5, 5.41) is 9.96. The first-order valence-electron chi connectivity index (χ1n) is 18.7. The van der Waals surface area contributed by atoms with Gasteiger partial charge in [0.05, 0.1) is 0 Å². The van der Waals surface area contributed by atoms with E-state index in [9.17, 15) is 0 Å². The summed E-state index contributed by atoms with van der Waals surface area (Å²) < 4.78 is 9.54. The van der Waals surface area contributed by atoms with Crippen LogP contribution in [0.1, 0.15) is 28.2 Å². The summed E-state index contributed by atoms with van der Waals surface area (Å²) in [6, 6.07) is 58.3. The van der Waals surface area contributed by atoms with E-state index in [1.165, 1.54) is 91.5 Å². The average Bonchev–Trinajstić information content (AvgIpc) is 3.79. The van der Waals surface area contributed by atoms with E-state index in [0.717, 1.165) is 16.7 Å². The molecule has 2 aromatic heterocycles. The Morgan fingerprint density at radius 2 is 1.26 bits per heavy atom. The molecular formula is C52H32OS. The predicted molar refractivity (Wildman–Crippen MR) is 230 cm³/mol. The Kier molecular flexibility index (Phi) is 6.40. The van der Waals surface area contributed by atoms with E-state index in [0.29, 0.717) is 0 Å². The van der Waals surface area contributed by atoms with Crippen LogP contribution in [0.25, 0.3) is 80.4 Å². The highest BCUT2D eigenvalue weighted by Gasteiger charge is 2.36. The van der Waals surface area contributed by atoms with Crippen LogP contribution in [0.4, 0.5) is 0 Å². The van der Waals surface area contributed by atoms with Crippen molar-refractivity contribution in [3.8, 4) is 11.1 Å². The second-order valence-electron chi connectivity index (χ2n) is 14.7. The van der Waals surface area contributed by atoms with Crippen LogP contribution in [0, 0.1) is 5.92 Å². The second-order valence-corrected chi connectivity index (χ2v) is 15.8. The van der Waals surface area contributed by atoms with E-state index in [2.05, 4.69) is 182 Å². The summed E-state index contributed by atoms with van der Waals surface area (Å²) >= 11 is 1.88. The zero-order valence-corrected chi connectivity index (χ0v) is 30.1. The number of allylic oxidation sites excluding steroid dienone is 5. The normalized spacial score (nSPS) is 16.7. The molecule has 2 heteroatoms. The molecular weight excluding hydrogens is 673 g/mol. The van der Waals surface area contributed by atoms with Crippen LogP contribution in [0.5, 0.6) is 0 Å². The molecule has 0 bridgehead atoms. The van der Waals surface area contributed by atoms with Gasteiger partial charge < -0.3 is 4.42 Å². The van der Waals surface area contributed by atoms with E-state index >= 15 is 0 Å². The van der Waals surface area contributed by atoms with Crippen molar-refractivity contribution in [3.05, 3.63) is 210 Å². The molecule has 2 unspecified atom stereocenters. The Hall–Kier alpha value is -6.48. The van der Waals surface area contributed by atoms with Crippen LogP contribution in [0.2, 0.25) is 0 Å². The molecule has 2 atom stereocenters. The molecule has 10 aromatic rings. The minimum absolute atomic E-state index is 0.194. The molecule has 1 nitrogen and oxygen atoms in total. The molecule has 8 aromatic carbocycles. The molecule has 0 spiro atoms. The van der Waals surface area contributed by atoms with Gasteiger partial charge in [-0.25, -0.2) is 0 Å². The van der Waals surface area contributed by atoms with Crippen molar-refractivity contribution >= 4 is 80.6 Å². The van der Waals surface area contributed by atoms with Gasteiger partial charge in [-0.1, -0.05) is 140 Å². The molecule has 252 valence electrons. The average molecular weight is 705 g/mol. The van der Waals surface area contributed by atoms with Gasteiger partial charge in [-0.2, -0.15) is 0 Å². The van der Waals surface area contributed by atoms with Gasteiger partial charge in [-0.15, -0.1) is 11.3 Å². The standard InChI is InChI=1S/C52H32OS/c1-2-13-32(14-3-1)49-38-18-8-10-20-40(38)50(41-21-11-9-19-39(41)49)44-28-36(29-46-52(44)51-37-17-7-6-12-31(37)22-24-45(51)53-46)35-23-25-47-42(27-35)43-26-33-15-4-5-16-34(33)30-48(43)54-47/h1-30,38,49H. The molecule has 0 N–H and O–H groups in total. The number of fused-ring (bicyclic) bond motifs is 11. The lowest BCUT2D eigenvalue weighted by molar-refractivity contribution is 0.649. The van der Waals surface area contributed by atoms with Crippen LogP contribution >= 0.6 is 11.3 Å². The van der Waals surface area contributed by atoms with Crippen molar-refractivity contribution in [2.24, 2.45) is 5.92 Å². The maximum absolute atomic E-state index is 6.91. The van der Waals surface area contributed by atoms with Crippen molar-refractivity contribution in [2.75, 3.05) is 0 Å². The summed E-state index contributed by atoms with van der Waals surface area (Å²) in [6.45, 7) is 0. The molecule has 2 aliphatic carbocycles. The molecule has 0 fully saturated rings. The minimum Gasteiger partial charge on any atom is -0.456 e. The Balaban J connectivity index is 1.18. The number of benzene rings is 8. The highest BCUT2D eigenvalue weighted by Crippen LogP contribution is 2.53. The first-order valence-corrected chi connectivity index (χ1v) is 19.6. The largest absolute Gasteiger partial charge is 0.456 e. The van der Waals surface area contributed by atoms with Crippen molar-refractivity contribution in [2.45, 2.75) is 5.92 Å². The molecule has 0 saturated heterocycles. The van der Waals surface area contributed by atoms with Gasteiger partial charge in [0.15, 0.2) is 0 Å². The monoisotopic (exact) mass is 704 g/mol. The van der Waals surface area contributed by atoms with Crippen molar-refractivity contribution < 1.29 is 4.42 Å². The summed E-state index contributed by atoms with van der Waals surface area (Å²) in [5.41, 5.74) is 12.0. The zero-order valence-electron chi connectivity index (χ0n) is 29.3. The van der Waals surface area contributed by atoms with Gasteiger partial charge in [0.25, 0.3) is 0 Å². The Morgan fingerprint density at radius 3 is 2.17 bits per heavy atom. The molecule has 2 aliphatic rings. The van der Waals surface area contributed by atoms with Gasteiger partial charge in [0.2, 0.25) is 0 Å². The van der Waals surface area contributed by atoms with Crippen molar-refractivity contribution in [1.82, 2.24) is 0 Å². The van der Waals surface area contributed by atoms with Crippen molar-refractivity contribution in [3.63, 3.8) is 0 Å². The fourth-order valence-corrected chi connectivity index (χ4v) is 10.6. The van der Waals surface area contributed by atoms with E-state index < -0.39 is 0 Å². The third kappa shape index (κ3) is 4.38. The lowest BCUT2D eigenvalue weighted by Gasteiger charge is -2.37. The van der Waals surface area contributed by atoms with E-state index in [-0.39, 0.29) is 11.8 Å². The molecule has 12 rings (SSSR count). The highest BCUT2D eigenvalue weighted by molar-refractivity contribution is 7.25. The number of hydrogen-bond donors (Lipinski definition) is 0. The van der Waals surface area contributed by atoms with Gasteiger partial charge >= 0.3 is 0 Å². The lowest BCUT2D eigenvalue weighted by atomic mass is 9.66. The topological polar surface area (TPSA) is 13.1 Å². The summed E-state index contributed by atoms with van der Waals surface area (Å²) in [4.78, 5) is 0.